The van der Waals surface area contributed by atoms with E-state index >= 15 is 0 Å². The Morgan fingerprint density at radius 1 is 1.17 bits per heavy atom. The summed E-state index contributed by atoms with van der Waals surface area (Å²) in [7, 11) is 0. The summed E-state index contributed by atoms with van der Waals surface area (Å²) in [6, 6.07) is 4.62. The van der Waals surface area contributed by atoms with Crippen LogP contribution in [0.3, 0.4) is 0 Å². The molecule has 2 aliphatic rings. The molecule has 1 atom stereocenters. The minimum Gasteiger partial charge on any atom is -0.353 e. The number of rotatable bonds is 4. The largest absolute Gasteiger partial charge is 0.353 e. The van der Waals surface area contributed by atoms with E-state index in [1.54, 1.807) is 10.6 Å². The molecular formula is C21H26ClFN4O2. The zero-order valence-electron chi connectivity index (χ0n) is 16.4. The number of fused-ring (bicyclic) bond motifs is 1. The molecule has 1 fully saturated rings. The van der Waals surface area contributed by atoms with Crippen molar-refractivity contribution in [3.05, 3.63) is 50.9 Å². The molecule has 4 rings (SSSR count). The van der Waals surface area contributed by atoms with Gasteiger partial charge in [-0.15, -0.1) is 0 Å². The monoisotopic (exact) mass is 420 g/mol. The Balaban J connectivity index is 1.57. The van der Waals surface area contributed by atoms with Crippen LogP contribution in [0.4, 0.5) is 4.39 Å². The van der Waals surface area contributed by atoms with E-state index in [9.17, 15) is 14.0 Å². The lowest BCUT2D eigenvalue weighted by molar-refractivity contribution is -0.124. The Labute approximate surface area is 174 Å². The van der Waals surface area contributed by atoms with E-state index in [0.717, 1.165) is 32.1 Å². The van der Waals surface area contributed by atoms with Crippen LogP contribution < -0.4 is 11.0 Å². The summed E-state index contributed by atoms with van der Waals surface area (Å²) < 4.78 is 16.9. The first-order valence-electron chi connectivity index (χ1n) is 10.5. The Hall–Kier alpha value is -2.15. The number of amides is 1. The zero-order valence-corrected chi connectivity index (χ0v) is 17.1. The van der Waals surface area contributed by atoms with Crippen LogP contribution in [0.2, 0.25) is 5.02 Å². The topological polar surface area (TPSA) is 68.9 Å². The van der Waals surface area contributed by atoms with Gasteiger partial charge in [0.25, 0.3) is 0 Å². The predicted octanol–water partition coefficient (Wildman–Crippen LogP) is 3.60. The number of hydrogen-bond donors (Lipinski definition) is 1. The summed E-state index contributed by atoms with van der Waals surface area (Å²) in [5.74, 6) is -0.506. The van der Waals surface area contributed by atoms with Gasteiger partial charge in [-0.2, -0.15) is 5.10 Å². The van der Waals surface area contributed by atoms with E-state index < -0.39 is 11.7 Å². The molecule has 1 N–H and O–H groups in total. The molecule has 6 nitrogen and oxygen atoms in total. The third-order valence-corrected chi connectivity index (χ3v) is 6.38. The van der Waals surface area contributed by atoms with Gasteiger partial charge in [0.1, 0.15) is 11.6 Å². The summed E-state index contributed by atoms with van der Waals surface area (Å²) in [4.78, 5) is 25.8. The van der Waals surface area contributed by atoms with Gasteiger partial charge >= 0.3 is 5.69 Å². The molecule has 1 aliphatic carbocycles. The lowest BCUT2D eigenvalue weighted by atomic mass is 9.97. The fourth-order valence-electron chi connectivity index (χ4n) is 4.42. The van der Waals surface area contributed by atoms with E-state index in [0.29, 0.717) is 18.8 Å². The lowest BCUT2D eigenvalue weighted by Gasteiger charge is -2.24. The van der Waals surface area contributed by atoms with Crippen LogP contribution in [0.5, 0.6) is 0 Å². The second-order valence-electron chi connectivity index (χ2n) is 8.04. The number of benzene rings is 1. The van der Waals surface area contributed by atoms with Gasteiger partial charge in [-0.1, -0.05) is 43.4 Å². The number of halogens is 2. The van der Waals surface area contributed by atoms with E-state index in [-0.39, 0.29) is 34.8 Å². The van der Waals surface area contributed by atoms with Gasteiger partial charge in [0.2, 0.25) is 5.91 Å². The summed E-state index contributed by atoms with van der Waals surface area (Å²) in [6.45, 7) is 0.466. The van der Waals surface area contributed by atoms with Gasteiger partial charge in [-0.3, -0.25) is 9.36 Å². The van der Waals surface area contributed by atoms with Crippen molar-refractivity contribution in [2.75, 3.05) is 0 Å². The van der Waals surface area contributed by atoms with Crippen LogP contribution in [0, 0.1) is 5.82 Å². The second kappa shape index (κ2) is 8.69. The molecule has 8 heteroatoms. The van der Waals surface area contributed by atoms with Crippen molar-refractivity contribution >= 4 is 17.5 Å². The van der Waals surface area contributed by atoms with Gasteiger partial charge in [-0.25, -0.2) is 13.9 Å². The van der Waals surface area contributed by atoms with Gasteiger partial charge < -0.3 is 5.32 Å². The van der Waals surface area contributed by atoms with E-state index in [1.165, 1.54) is 29.7 Å². The number of hydrogen-bond acceptors (Lipinski definition) is 3. The first-order valence-corrected chi connectivity index (χ1v) is 10.8. The molecule has 29 heavy (non-hydrogen) atoms. The minimum atomic E-state index is -0.474. The molecule has 0 spiro atoms. The predicted molar refractivity (Wildman–Crippen MR) is 109 cm³/mol. The van der Waals surface area contributed by atoms with Gasteiger partial charge in [0.15, 0.2) is 0 Å². The van der Waals surface area contributed by atoms with Crippen LogP contribution in [0.1, 0.15) is 68.7 Å². The molecule has 156 valence electrons. The fraction of sp³-hybridized carbons (Fsp3) is 0.571. The minimum absolute atomic E-state index is 0.0543. The van der Waals surface area contributed by atoms with E-state index in [4.69, 9.17) is 11.6 Å². The SMILES string of the molecule is O=C(NC1CCCCCC1)C1CCCn2c1nn(Cc1c(F)cccc1Cl)c2=O. The maximum atomic E-state index is 14.2. The third-order valence-electron chi connectivity index (χ3n) is 6.03. The Kier molecular flexibility index (Phi) is 6.04. The molecule has 1 amide bonds. The third kappa shape index (κ3) is 4.25. The Morgan fingerprint density at radius 3 is 2.66 bits per heavy atom. The Bertz CT molecular complexity index is 926. The smallest absolute Gasteiger partial charge is 0.346 e. The molecule has 1 aromatic carbocycles. The summed E-state index contributed by atoms with van der Waals surface area (Å²) in [5.41, 5.74) is -0.0996. The van der Waals surface area contributed by atoms with Crippen molar-refractivity contribution in [2.45, 2.75) is 76.4 Å². The second-order valence-corrected chi connectivity index (χ2v) is 8.45. The highest BCUT2D eigenvalue weighted by molar-refractivity contribution is 6.31. The molecule has 1 aliphatic heterocycles. The molecule has 0 bridgehead atoms. The maximum absolute atomic E-state index is 14.2. The van der Waals surface area contributed by atoms with Crippen molar-refractivity contribution in [3.8, 4) is 0 Å². The molecular weight excluding hydrogens is 395 g/mol. The van der Waals surface area contributed by atoms with Crippen molar-refractivity contribution in [2.24, 2.45) is 0 Å². The van der Waals surface area contributed by atoms with Gasteiger partial charge in [-0.05, 0) is 37.8 Å². The highest BCUT2D eigenvalue weighted by Gasteiger charge is 2.32. The number of carbonyl (C=O) groups excluding carboxylic acids is 1. The number of nitrogens with one attached hydrogen (secondary N) is 1. The van der Waals surface area contributed by atoms with Crippen LogP contribution in [-0.4, -0.2) is 26.3 Å². The zero-order chi connectivity index (χ0) is 20.4. The molecule has 1 aromatic heterocycles. The van der Waals surface area contributed by atoms with Crippen molar-refractivity contribution < 1.29 is 9.18 Å². The van der Waals surface area contributed by atoms with Crippen LogP contribution in [0.15, 0.2) is 23.0 Å². The fourth-order valence-corrected chi connectivity index (χ4v) is 4.64. The van der Waals surface area contributed by atoms with Gasteiger partial charge in [0, 0.05) is 23.2 Å². The average molecular weight is 421 g/mol. The van der Waals surface area contributed by atoms with Crippen LogP contribution in [-0.2, 0) is 17.9 Å². The number of carbonyl (C=O) groups is 1. The summed E-state index contributed by atoms with van der Waals surface area (Å²) >= 11 is 6.11. The Morgan fingerprint density at radius 2 is 1.93 bits per heavy atom. The van der Waals surface area contributed by atoms with Crippen LogP contribution in [0.25, 0.3) is 0 Å². The van der Waals surface area contributed by atoms with E-state index in [1.807, 2.05) is 0 Å². The standard InChI is InChI=1S/C21H26ClFN4O2/c22-17-10-5-11-18(23)16(17)13-27-21(29)26-12-6-9-15(19(26)25-27)20(28)24-14-7-3-1-2-4-8-14/h5,10-11,14-15H,1-4,6-9,12-13H2,(H,24,28). The molecule has 0 radical (unpaired) electrons. The lowest BCUT2D eigenvalue weighted by Crippen LogP contribution is -2.40. The molecule has 2 aromatic rings. The van der Waals surface area contributed by atoms with E-state index in [2.05, 4.69) is 10.4 Å². The number of aromatic nitrogens is 3. The van der Waals surface area contributed by atoms with Gasteiger partial charge in [0.05, 0.1) is 12.5 Å². The summed E-state index contributed by atoms with van der Waals surface area (Å²) in [5, 5.41) is 7.86. The molecule has 1 saturated carbocycles. The maximum Gasteiger partial charge on any atom is 0.346 e. The highest BCUT2D eigenvalue weighted by Crippen LogP contribution is 2.27. The van der Waals surface area contributed by atoms with Crippen molar-refractivity contribution in [1.82, 2.24) is 19.7 Å². The first-order chi connectivity index (χ1) is 14.0. The highest BCUT2D eigenvalue weighted by atomic mass is 35.5. The quantitative estimate of drug-likeness (QED) is 0.768. The average Bonchev–Trinajstić information content (AvgIpc) is 2.86. The van der Waals surface area contributed by atoms with Crippen molar-refractivity contribution in [1.29, 1.82) is 0 Å². The normalized spacial score (nSPS) is 20.1. The summed E-state index contributed by atoms with van der Waals surface area (Å²) in [6.07, 6.45) is 8.13. The molecule has 0 saturated heterocycles. The first kappa shape index (κ1) is 20.1. The number of nitrogens with zero attached hydrogens (tertiary/aromatic N) is 3. The molecule has 2 heterocycles. The molecule has 1 unspecified atom stereocenters. The van der Waals surface area contributed by atoms with Crippen LogP contribution >= 0.6 is 11.6 Å². The van der Waals surface area contributed by atoms with Crippen molar-refractivity contribution in [3.63, 3.8) is 0 Å².